The van der Waals surface area contributed by atoms with E-state index in [1.54, 1.807) is 6.26 Å². The number of hydrogen-bond acceptors (Lipinski definition) is 3. The van der Waals surface area contributed by atoms with E-state index in [-0.39, 0.29) is 23.9 Å². The number of carbonyl (C=O) groups excluding carboxylic acids is 2. The van der Waals surface area contributed by atoms with Gasteiger partial charge in [-0.1, -0.05) is 26.2 Å². The van der Waals surface area contributed by atoms with Crippen LogP contribution in [0.4, 0.5) is 0 Å². The highest BCUT2D eigenvalue weighted by Gasteiger charge is 2.51. The van der Waals surface area contributed by atoms with E-state index < -0.39 is 5.54 Å². The lowest BCUT2D eigenvalue weighted by Gasteiger charge is -2.49. The molecule has 0 aromatic carbocycles. The summed E-state index contributed by atoms with van der Waals surface area (Å²) in [6.07, 6.45) is 11.5. The highest BCUT2D eigenvalue weighted by molar-refractivity contribution is 6.03. The van der Waals surface area contributed by atoms with E-state index in [0.29, 0.717) is 23.7 Å². The van der Waals surface area contributed by atoms with Crippen LogP contribution in [0.1, 0.15) is 82.1 Å². The molecule has 1 N–H and O–H groups in total. The second-order valence-corrected chi connectivity index (χ2v) is 9.96. The third-order valence-corrected chi connectivity index (χ3v) is 7.74. The van der Waals surface area contributed by atoms with E-state index in [9.17, 15) is 9.59 Å². The summed E-state index contributed by atoms with van der Waals surface area (Å²) in [5.41, 5.74) is 1.36. The molecule has 2 aromatic heterocycles. The molecular weight excluding hydrogens is 378 g/mol. The van der Waals surface area contributed by atoms with Crippen LogP contribution in [-0.4, -0.2) is 38.9 Å². The fourth-order valence-corrected chi connectivity index (χ4v) is 5.89. The van der Waals surface area contributed by atoms with Crippen LogP contribution in [0.3, 0.4) is 0 Å². The van der Waals surface area contributed by atoms with E-state index in [0.717, 1.165) is 44.0 Å². The smallest absolute Gasteiger partial charge is 0.271 e. The fourth-order valence-electron chi connectivity index (χ4n) is 5.89. The van der Waals surface area contributed by atoms with Gasteiger partial charge in [0.15, 0.2) is 5.58 Å². The fraction of sp³-hybridized carbons (Fsp3) is 0.667. The minimum Gasteiger partial charge on any atom is -0.463 e. The number of rotatable bonds is 3. The number of nitrogens with zero attached hydrogens (tertiary/aromatic N) is 2. The summed E-state index contributed by atoms with van der Waals surface area (Å²) in [6.45, 7) is 4.72. The Kier molecular flexibility index (Phi) is 4.91. The highest BCUT2D eigenvalue weighted by Crippen LogP contribution is 2.38. The molecule has 6 nitrogen and oxygen atoms in total. The van der Waals surface area contributed by atoms with Crippen molar-refractivity contribution in [1.82, 2.24) is 14.8 Å². The van der Waals surface area contributed by atoms with Gasteiger partial charge in [-0.2, -0.15) is 0 Å². The van der Waals surface area contributed by atoms with E-state index in [1.165, 1.54) is 19.3 Å². The lowest BCUT2D eigenvalue weighted by atomic mass is 9.82. The van der Waals surface area contributed by atoms with Crippen molar-refractivity contribution < 1.29 is 14.0 Å². The van der Waals surface area contributed by atoms with Crippen LogP contribution >= 0.6 is 0 Å². The minimum atomic E-state index is -0.893. The molecule has 3 aliphatic rings. The molecule has 2 aliphatic carbocycles. The van der Waals surface area contributed by atoms with Gasteiger partial charge in [-0.15, -0.1) is 0 Å². The minimum absolute atomic E-state index is 0.00244. The Hall–Kier alpha value is -2.24. The maximum atomic E-state index is 13.8. The molecule has 0 spiro atoms. The molecule has 2 saturated carbocycles. The average Bonchev–Trinajstić information content (AvgIpc) is 3.33. The van der Waals surface area contributed by atoms with Gasteiger partial charge in [0.25, 0.3) is 5.91 Å². The van der Waals surface area contributed by atoms with Crippen LogP contribution < -0.4 is 5.32 Å². The summed E-state index contributed by atoms with van der Waals surface area (Å²) in [7, 11) is 0. The SMILES string of the molecule is CC1CCC(N2C(=O)c3cc4occc4n3C[C@@]2(C)C(=O)NC2CCCCC2)CC1. The van der Waals surface area contributed by atoms with Gasteiger partial charge in [-0.3, -0.25) is 9.59 Å². The monoisotopic (exact) mass is 411 g/mol. The average molecular weight is 412 g/mol. The largest absolute Gasteiger partial charge is 0.463 e. The molecule has 162 valence electrons. The molecule has 3 heterocycles. The van der Waals surface area contributed by atoms with Gasteiger partial charge < -0.3 is 19.2 Å². The zero-order valence-electron chi connectivity index (χ0n) is 18.2. The van der Waals surface area contributed by atoms with Crippen molar-refractivity contribution in [3.8, 4) is 0 Å². The normalized spacial score (nSPS) is 30.5. The Balaban J connectivity index is 1.51. The number of carbonyl (C=O) groups is 2. The summed E-state index contributed by atoms with van der Waals surface area (Å²) in [5.74, 6) is 0.653. The molecule has 30 heavy (non-hydrogen) atoms. The number of fused-ring (bicyclic) bond motifs is 3. The van der Waals surface area contributed by atoms with Crippen LogP contribution in [0, 0.1) is 5.92 Å². The molecule has 5 rings (SSSR count). The van der Waals surface area contributed by atoms with Gasteiger partial charge in [0.2, 0.25) is 5.91 Å². The zero-order valence-corrected chi connectivity index (χ0v) is 18.2. The lowest BCUT2D eigenvalue weighted by Crippen LogP contribution is -2.67. The van der Waals surface area contributed by atoms with Gasteiger partial charge in [0.1, 0.15) is 11.2 Å². The van der Waals surface area contributed by atoms with Gasteiger partial charge in [0.05, 0.1) is 18.3 Å². The van der Waals surface area contributed by atoms with Crippen LogP contribution in [0.2, 0.25) is 0 Å². The van der Waals surface area contributed by atoms with Crippen molar-refractivity contribution in [1.29, 1.82) is 0 Å². The Bertz CT molecular complexity index is 946. The highest BCUT2D eigenvalue weighted by atomic mass is 16.3. The van der Waals surface area contributed by atoms with Crippen LogP contribution in [0.5, 0.6) is 0 Å². The van der Waals surface area contributed by atoms with Crippen LogP contribution in [0.15, 0.2) is 22.8 Å². The summed E-state index contributed by atoms with van der Waals surface area (Å²) in [6, 6.07) is 4.08. The molecular formula is C24H33N3O3. The molecule has 1 aliphatic heterocycles. The Morgan fingerprint density at radius 2 is 1.87 bits per heavy atom. The molecule has 0 saturated heterocycles. The van der Waals surface area contributed by atoms with Gasteiger partial charge >= 0.3 is 0 Å². The van der Waals surface area contributed by atoms with Gasteiger partial charge in [-0.05, 0) is 51.4 Å². The summed E-state index contributed by atoms with van der Waals surface area (Å²) in [5, 5.41) is 3.32. The van der Waals surface area contributed by atoms with Crippen molar-refractivity contribution in [2.75, 3.05) is 0 Å². The molecule has 6 heteroatoms. The molecule has 0 radical (unpaired) electrons. The lowest BCUT2D eigenvalue weighted by molar-refractivity contribution is -0.135. The number of hydrogen-bond donors (Lipinski definition) is 1. The summed E-state index contributed by atoms with van der Waals surface area (Å²) >= 11 is 0. The second-order valence-electron chi connectivity index (χ2n) is 9.96. The van der Waals surface area contributed by atoms with E-state index >= 15 is 0 Å². The molecule has 0 bridgehead atoms. The van der Waals surface area contributed by atoms with Crippen LogP contribution in [-0.2, 0) is 11.3 Å². The van der Waals surface area contributed by atoms with E-state index in [1.807, 2.05) is 28.5 Å². The van der Waals surface area contributed by atoms with E-state index in [4.69, 9.17) is 4.42 Å². The van der Waals surface area contributed by atoms with Crippen molar-refractivity contribution in [2.45, 2.75) is 95.8 Å². The second kappa shape index (κ2) is 7.47. The number of nitrogens with one attached hydrogen (secondary N) is 1. The maximum absolute atomic E-state index is 13.8. The first-order valence-electron chi connectivity index (χ1n) is 11.7. The molecule has 0 unspecified atom stereocenters. The Labute approximate surface area is 178 Å². The molecule has 2 aromatic rings. The zero-order chi connectivity index (χ0) is 20.9. The first-order chi connectivity index (χ1) is 14.5. The van der Waals surface area contributed by atoms with Crippen LogP contribution in [0.25, 0.3) is 11.1 Å². The Morgan fingerprint density at radius 3 is 2.60 bits per heavy atom. The van der Waals surface area contributed by atoms with Gasteiger partial charge in [0, 0.05) is 24.2 Å². The topological polar surface area (TPSA) is 67.5 Å². The standard InChI is InChI=1S/C24H33N3O3/c1-16-8-10-18(11-9-16)27-22(28)20-14-21-19(12-13-30-21)26(20)15-24(27,2)23(29)25-17-6-4-3-5-7-17/h12-14,16-18H,3-11,15H2,1-2H3,(H,25,29)/t16?,18?,24-/m0/s1. The molecule has 1 atom stereocenters. The quantitative estimate of drug-likeness (QED) is 0.810. The van der Waals surface area contributed by atoms with E-state index in [2.05, 4.69) is 12.2 Å². The van der Waals surface area contributed by atoms with Crippen molar-refractivity contribution in [3.63, 3.8) is 0 Å². The third-order valence-electron chi connectivity index (χ3n) is 7.74. The maximum Gasteiger partial charge on any atom is 0.271 e. The number of furan rings is 1. The van der Waals surface area contributed by atoms with Gasteiger partial charge in [-0.25, -0.2) is 0 Å². The summed E-state index contributed by atoms with van der Waals surface area (Å²) in [4.78, 5) is 29.4. The first-order valence-corrected chi connectivity index (χ1v) is 11.7. The Morgan fingerprint density at radius 1 is 1.13 bits per heavy atom. The summed E-state index contributed by atoms with van der Waals surface area (Å²) < 4.78 is 7.56. The molecule has 2 amide bonds. The molecule has 2 fully saturated rings. The first kappa shape index (κ1) is 19.7. The predicted octanol–water partition coefficient (Wildman–Crippen LogP) is 4.48. The van der Waals surface area contributed by atoms with Crippen molar-refractivity contribution in [3.05, 3.63) is 24.1 Å². The predicted molar refractivity (Wildman–Crippen MR) is 115 cm³/mol. The van der Waals surface area contributed by atoms with Crippen molar-refractivity contribution >= 4 is 22.9 Å². The van der Waals surface area contributed by atoms with Crippen molar-refractivity contribution in [2.24, 2.45) is 5.92 Å². The third kappa shape index (κ3) is 3.15. The number of aromatic nitrogens is 1. The number of amides is 2.